The predicted molar refractivity (Wildman–Crippen MR) is 113 cm³/mol. The first-order valence-corrected chi connectivity index (χ1v) is 10.2. The van der Waals surface area contributed by atoms with Crippen LogP contribution >= 0.6 is 0 Å². The topological polar surface area (TPSA) is 58.6 Å². The lowest BCUT2D eigenvalue weighted by atomic mass is 9.96. The molecule has 1 aliphatic rings. The van der Waals surface area contributed by atoms with Crippen LogP contribution in [0.3, 0.4) is 0 Å². The number of rotatable bonds is 5. The number of piperidine rings is 1. The predicted octanol–water partition coefficient (Wildman–Crippen LogP) is 4.75. The number of fused-ring (bicyclic) bond motifs is 1. The molecule has 0 bridgehead atoms. The molecule has 1 fully saturated rings. The molecule has 5 rings (SSSR count). The highest BCUT2D eigenvalue weighted by Gasteiger charge is 2.24. The van der Waals surface area contributed by atoms with Gasteiger partial charge in [0.2, 0.25) is 0 Å². The Morgan fingerprint density at radius 1 is 1.00 bits per heavy atom. The van der Waals surface area contributed by atoms with Crippen LogP contribution in [0.25, 0.3) is 5.65 Å². The van der Waals surface area contributed by atoms with Crippen LogP contribution < -0.4 is 5.32 Å². The van der Waals surface area contributed by atoms with Crippen LogP contribution in [0.15, 0.2) is 65.2 Å². The van der Waals surface area contributed by atoms with Gasteiger partial charge in [0.25, 0.3) is 0 Å². The summed E-state index contributed by atoms with van der Waals surface area (Å²) in [6.45, 7) is 4.96. The first kappa shape index (κ1) is 17.9. The third-order valence-corrected chi connectivity index (χ3v) is 5.54. The summed E-state index contributed by atoms with van der Waals surface area (Å²) in [5.41, 5.74) is 2.96. The van der Waals surface area contributed by atoms with Gasteiger partial charge in [-0.1, -0.05) is 18.2 Å². The van der Waals surface area contributed by atoms with Gasteiger partial charge in [0.15, 0.2) is 11.5 Å². The SMILES string of the molecule is Cc1ccc(CN2CCC(c3nc4ccc(Nc5ccccc5)cn4n3)CC2)o1. The summed E-state index contributed by atoms with van der Waals surface area (Å²) in [4.78, 5) is 7.23. The fourth-order valence-corrected chi connectivity index (χ4v) is 3.98. The average Bonchev–Trinajstić information content (AvgIpc) is 3.35. The molecule has 4 aromatic rings. The number of hydrogen-bond acceptors (Lipinski definition) is 5. The fraction of sp³-hybridized carbons (Fsp3) is 0.304. The number of likely N-dealkylation sites (tertiary alicyclic amines) is 1. The summed E-state index contributed by atoms with van der Waals surface area (Å²) in [5.74, 6) is 3.39. The molecule has 6 heteroatoms. The molecule has 0 amide bonds. The van der Waals surface area contributed by atoms with Gasteiger partial charge in [0.05, 0.1) is 18.4 Å². The minimum absolute atomic E-state index is 0.412. The van der Waals surface area contributed by atoms with Gasteiger partial charge in [0, 0.05) is 11.6 Å². The van der Waals surface area contributed by atoms with Crippen molar-refractivity contribution < 1.29 is 4.42 Å². The Hall–Kier alpha value is -3.12. The summed E-state index contributed by atoms with van der Waals surface area (Å²) in [6.07, 6.45) is 4.16. The molecule has 0 radical (unpaired) electrons. The van der Waals surface area contributed by atoms with Crippen LogP contribution in [0.1, 0.15) is 36.1 Å². The highest BCUT2D eigenvalue weighted by atomic mass is 16.3. The van der Waals surface area contributed by atoms with Crippen molar-refractivity contribution in [2.75, 3.05) is 18.4 Å². The van der Waals surface area contributed by atoms with Crippen LogP contribution in [0.2, 0.25) is 0 Å². The Kier molecular flexibility index (Phi) is 4.77. The maximum atomic E-state index is 5.72. The van der Waals surface area contributed by atoms with Gasteiger partial charge >= 0.3 is 0 Å². The van der Waals surface area contributed by atoms with Crippen LogP contribution in [0, 0.1) is 6.92 Å². The lowest BCUT2D eigenvalue weighted by Crippen LogP contribution is -2.32. The van der Waals surface area contributed by atoms with Gasteiger partial charge in [0.1, 0.15) is 11.5 Å². The van der Waals surface area contributed by atoms with Crippen molar-refractivity contribution >= 4 is 17.0 Å². The number of nitrogens with zero attached hydrogens (tertiary/aromatic N) is 4. The average molecular weight is 387 g/mol. The molecule has 3 aromatic heterocycles. The first-order valence-electron chi connectivity index (χ1n) is 10.2. The van der Waals surface area contributed by atoms with E-state index < -0.39 is 0 Å². The van der Waals surface area contributed by atoms with Crippen molar-refractivity contribution in [1.82, 2.24) is 19.5 Å². The monoisotopic (exact) mass is 387 g/mol. The summed E-state index contributed by atoms with van der Waals surface area (Å²) in [6, 6.07) is 18.3. The van der Waals surface area contributed by atoms with E-state index in [9.17, 15) is 0 Å². The van der Waals surface area contributed by atoms with Crippen molar-refractivity contribution in [3.8, 4) is 0 Å². The van der Waals surface area contributed by atoms with Crippen molar-refractivity contribution in [2.24, 2.45) is 0 Å². The Morgan fingerprint density at radius 2 is 1.83 bits per heavy atom. The second-order valence-corrected chi connectivity index (χ2v) is 7.74. The van der Waals surface area contributed by atoms with E-state index in [1.165, 1.54) is 0 Å². The number of para-hydroxylation sites is 1. The molecule has 29 heavy (non-hydrogen) atoms. The number of benzene rings is 1. The van der Waals surface area contributed by atoms with E-state index in [4.69, 9.17) is 14.5 Å². The number of aromatic nitrogens is 3. The number of nitrogens with one attached hydrogen (secondary N) is 1. The zero-order valence-corrected chi connectivity index (χ0v) is 16.6. The minimum Gasteiger partial charge on any atom is -0.465 e. The van der Waals surface area contributed by atoms with Gasteiger partial charge in [-0.3, -0.25) is 4.90 Å². The molecule has 1 saturated heterocycles. The highest BCUT2D eigenvalue weighted by molar-refractivity contribution is 5.60. The van der Waals surface area contributed by atoms with E-state index >= 15 is 0 Å². The second-order valence-electron chi connectivity index (χ2n) is 7.74. The quantitative estimate of drug-likeness (QED) is 0.535. The van der Waals surface area contributed by atoms with Crippen molar-refractivity contribution in [3.63, 3.8) is 0 Å². The zero-order chi connectivity index (χ0) is 19.6. The van der Waals surface area contributed by atoms with E-state index in [0.717, 1.165) is 66.8 Å². The van der Waals surface area contributed by atoms with Crippen molar-refractivity contribution in [2.45, 2.75) is 32.2 Å². The summed E-state index contributed by atoms with van der Waals surface area (Å²) in [7, 11) is 0. The van der Waals surface area contributed by atoms with Crippen molar-refractivity contribution in [1.29, 1.82) is 0 Å². The molecule has 148 valence electrons. The van der Waals surface area contributed by atoms with Gasteiger partial charge in [-0.15, -0.1) is 0 Å². The molecule has 0 spiro atoms. The number of aryl methyl sites for hydroxylation is 1. The minimum atomic E-state index is 0.412. The summed E-state index contributed by atoms with van der Waals surface area (Å²) >= 11 is 0. The maximum Gasteiger partial charge on any atom is 0.155 e. The third kappa shape index (κ3) is 4.03. The Balaban J connectivity index is 1.25. The van der Waals surface area contributed by atoms with E-state index in [0.29, 0.717) is 5.92 Å². The molecule has 0 aliphatic carbocycles. The van der Waals surface area contributed by atoms with Crippen LogP contribution in [-0.2, 0) is 6.54 Å². The maximum absolute atomic E-state index is 5.72. The molecule has 1 aromatic carbocycles. The molecule has 0 atom stereocenters. The van der Waals surface area contributed by atoms with E-state index in [-0.39, 0.29) is 0 Å². The molecule has 0 unspecified atom stereocenters. The first-order chi connectivity index (χ1) is 14.2. The Morgan fingerprint density at radius 3 is 2.59 bits per heavy atom. The fourth-order valence-electron chi connectivity index (χ4n) is 3.98. The lowest BCUT2D eigenvalue weighted by Gasteiger charge is -2.29. The van der Waals surface area contributed by atoms with E-state index in [1.807, 2.05) is 48.0 Å². The van der Waals surface area contributed by atoms with Gasteiger partial charge in [-0.25, -0.2) is 9.50 Å². The van der Waals surface area contributed by atoms with Crippen LogP contribution in [-0.4, -0.2) is 32.6 Å². The van der Waals surface area contributed by atoms with Gasteiger partial charge in [-0.2, -0.15) is 5.10 Å². The lowest BCUT2D eigenvalue weighted by molar-refractivity contribution is 0.187. The number of anilines is 2. The Labute approximate surface area is 170 Å². The largest absolute Gasteiger partial charge is 0.465 e. The summed E-state index contributed by atoms with van der Waals surface area (Å²) in [5, 5.41) is 8.19. The molecule has 0 saturated carbocycles. The van der Waals surface area contributed by atoms with E-state index in [1.54, 1.807) is 0 Å². The normalized spacial score (nSPS) is 15.8. The molecule has 1 N–H and O–H groups in total. The molecule has 4 heterocycles. The van der Waals surface area contributed by atoms with Gasteiger partial charge in [-0.05, 0) is 69.3 Å². The second kappa shape index (κ2) is 7.72. The standard InChI is InChI=1S/C23H25N5O/c1-17-7-9-21(29-17)16-27-13-11-18(12-14-27)23-25-22-10-8-20(15-28(22)26-23)24-19-5-3-2-4-6-19/h2-10,15,18,24H,11-14,16H2,1H3. The molecule has 1 aliphatic heterocycles. The van der Waals surface area contributed by atoms with Crippen LogP contribution in [0.4, 0.5) is 11.4 Å². The third-order valence-electron chi connectivity index (χ3n) is 5.54. The Bertz CT molecular complexity index is 1090. The molecular weight excluding hydrogens is 362 g/mol. The zero-order valence-electron chi connectivity index (χ0n) is 16.6. The molecule has 6 nitrogen and oxygen atoms in total. The number of hydrogen-bond donors (Lipinski definition) is 1. The molecular formula is C23H25N5O. The number of pyridine rings is 1. The van der Waals surface area contributed by atoms with Gasteiger partial charge < -0.3 is 9.73 Å². The summed E-state index contributed by atoms with van der Waals surface area (Å²) < 4.78 is 7.60. The highest BCUT2D eigenvalue weighted by Crippen LogP contribution is 2.27. The van der Waals surface area contributed by atoms with E-state index in [2.05, 4.69) is 34.5 Å². The van der Waals surface area contributed by atoms with Crippen molar-refractivity contribution in [3.05, 3.63) is 78.1 Å². The van der Waals surface area contributed by atoms with Crippen LogP contribution in [0.5, 0.6) is 0 Å². The smallest absolute Gasteiger partial charge is 0.155 e. The number of furan rings is 1.